The number of carbonyl (C=O) groups is 1. The van der Waals surface area contributed by atoms with Gasteiger partial charge in [0.05, 0.1) is 18.4 Å². The predicted octanol–water partition coefficient (Wildman–Crippen LogP) is 2.48. The van der Waals surface area contributed by atoms with Gasteiger partial charge in [0, 0.05) is 0 Å². The van der Waals surface area contributed by atoms with Gasteiger partial charge in [-0.2, -0.15) is 0 Å². The van der Waals surface area contributed by atoms with E-state index >= 15 is 0 Å². The van der Waals surface area contributed by atoms with Crippen molar-refractivity contribution in [1.29, 1.82) is 0 Å². The van der Waals surface area contributed by atoms with E-state index in [-0.39, 0.29) is 5.97 Å². The number of aliphatic hydroxyl groups is 1. The lowest BCUT2D eigenvalue weighted by Gasteiger charge is -2.06. The zero-order valence-corrected chi connectivity index (χ0v) is 8.64. The molecule has 0 unspecified atom stereocenters. The largest absolute Gasteiger partial charge is 0.516 e. The highest BCUT2D eigenvalue weighted by Gasteiger charge is 2.09. The Morgan fingerprint density at radius 2 is 2.20 bits per heavy atom. The lowest BCUT2D eigenvalue weighted by molar-refractivity contribution is 0.0525. The summed E-state index contributed by atoms with van der Waals surface area (Å²) in [7, 11) is 0. The van der Waals surface area contributed by atoms with Crippen molar-refractivity contribution in [1.82, 2.24) is 0 Å². The van der Waals surface area contributed by atoms with E-state index < -0.39 is 0 Å². The van der Waals surface area contributed by atoms with Gasteiger partial charge >= 0.3 is 5.97 Å². The van der Waals surface area contributed by atoms with Crippen molar-refractivity contribution < 1.29 is 14.6 Å². The van der Waals surface area contributed by atoms with Gasteiger partial charge in [0.2, 0.25) is 0 Å². The summed E-state index contributed by atoms with van der Waals surface area (Å²) < 4.78 is 4.92. The lowest BCUT2D eigenvalue weighted by Crippen LogP contribution is -2.07. The van der Waals surface area contributed by atoms with E-state index in [2.05, 4.69) is 0 Å². The fourth-order valence-corrected chi connectivity index (χ4v) is 1.29. The molecule has 15 heavy (non-hydrogen) atoms. The smallest absolute Gasteiger partial charge is 0.338 e. The van der Waals surface area contributed by atoms with Gasteiger partial charge in [-0.25, -0.2) is 4.79 Å². The van der Waals surface area contributed by atoms with E-state index in [9.17, 15) is 4.79 Å². The summed E-state index contributed by atoms with van der Waals surface area (Å²) in [6, 6.07) is 7.20. The minimum absolute atomic E-state index is 0.320. The van der Waals surface area contributed by atoms with Crippen LogP contribution in [0.5, 0.6) is 0 Å². The first-order valence-corrected chi connectivity index (χ1v) is 4.83. The molecule has 1 rings (SSSR count). The molecule has 0 bridgehead atoms. The molecule has 3 heteroatoms. The number of allylic oxidation sites excluding steroid dienone is 1. The summed E-state index contributed by atoms with van der Waals surface area (Å²) >= 11 is 0. The van der Waals surface area contributed by atoms with Crippen molar-refractivity contribution in [2.45, 2.75) is 13.3 Å². The second kappa shape index (κ2) is 5.86. The van der Waals surface area contributed by atoms with Gasteiger partial charge in [-0.05, 0) is 31.1 Å². The van der Waals surface area contributed by atoms with E-state index in [1.807, 2.05) is 12.1 Å². The topological polar surface area (TPSA) is 46.5 Å². The number of aliphatic hydroxyl groups excluding tert-OH is 1. The molecule has 0 aliphatic rings. The highest BCUT2D eigenvalue weighted by molar-refractivity contribution is 5.91. The minimum Gasteiger partial charge on any atom is -0.516 e. The normalized spacial score (nSPS) is 10.5. The number of benzene rings is 1. The van der Waals surface area contributed by atoms with Crippen LogP contribution in [0.3, 0.4) is 0 Å². The molecule has 0 amide bonds. The maximum Gasteiger partial charge on any atom is 0.338 e. The van der Waals surface area contributed by atoms with Crippen LogP contribution in [0.15, 0.2) is 36.6 Å². The van der Waals surface area contributed by atoms with Crippen LogP contribution < -0.4 is 0 Å². The van der Waals surface area contributed by atoms with Crippen LogP contribution in [-0.2, 0) is 11.2 Å². The molecule has 0 heterocycles. The second-order valence-electron chi connectivity index (χ2n) is 2.97. The molecule has 3 nitrogen and oxygen atoms in total. The van der Waals surface area contributed by atoms with Crippen molar-refractivity contribution in [2.75, 3.05) is 6.61 Å². The Bertz CT molecular complexity index is 356. The van der Waals surface area contributed by atoms with Gasteiger partial charge in [0.15, 0.2) is 0 Å². The average Bonchev–Trinajstić information content (AvgIpc) is 2.27. The third-order valence-corrected chi connectivity index (χ3v) is 1.96. The Morgan fingerprint density at radius 1 is 1.47 bits per heavy atom. The minimum atomic E-state index is -0.320. The number of hydrogen-bond donors (Lipinski definition) is 1. The average molecular weight is 206 g/mol. The molecule has 0 saturated carbocycles. The highest BCUT2D eigenvalue weighted by atomic mass is 16.5. The van der Waals surface area contributed by atoms with E-state index in [1.54, 1.807) is 25.1 Å². The fourth-order valence-electron chi connectivity index (χ4n) is 1.29. The van der Waals surface area contributed by atoms with E-state index in [0.29, 0.717) is 18.6 Å². The fraction of sp³-hybridized carbons (Fsp3) is 0.250. The monoisotopic (exact) mass is 206 g/mol. The summed E-state index contributed by atoms with van der Waals surface area (Å²) in [6.45, 7) is 2.14. The molecule has 0 saturated heterocycles. The van der Waals surface area contributed by atoms with Crippen LogP contribution >= 0.6 is 0 Å². The molecule has 0 atom stereocenters. The first kappa shape index (κ1) is 11.3. The number of esters is 1. The first-order chi connectivity index (χ1) is 7.29. The third-order valence-electron chi connectivity index (χ3n) is 1.96. The van der Waals surface area contributed by atoms with Crippen molar-refractivity contribution in [3.63, 3.8) is 0 Å². The van der Waals surface area contributed by atoms with Crippen LogP contribution in [-0.4, -0.2) is 17.7 Å². The zero-order chi connectivity index (χ0) is 11.1. The van der Waals surface area contributed by atoms with Gasteiger partial charge in [-0.1, -0.05) is 18.2 Å². The predicted molar refractivity (Wildman–Crippen MR) is 57.9 cm³/mol. The number of ether oxygens (including phenoxy) is 1. The molecule has 1 aromatic rings. The summed E-state index contributed by atoms with van der Waals surface area (Å²) in [4.78, 5) is 11.5. The van der Waals surface area contributed by atoms with Crippen LogP contribution in [0.2, 0.25) is 0 Å². The van der Waals surface area contributed by atoms with Gasteiger partial charge < -0.3 is 9.84 Å². The number of rotatable bonds is 4. The summed E-state index contributed by atoms with van der Waals surface area (Å²) in [5, 5.41) is 8.56. The Balaban J connectivity index is 2.90. The van der Waals surface area contributed by atoms with Crippen molar-refractivity contribution in [3.8, 4) is 0 Å². The molecular weight excluding hydrogens is 192 g/mol. The van der Waals surface area contributed by atoms with Crippen LogP contribution in [0.25, 0.3) is 0 Å². The maximum atomic E-state index is 11.5. The maximum absolute atomic E-state index is 11.5. The van der Waals surface area contributed by atoms with Gasteiger partial charge in [0.1, 0.15) is 0 Å². The van der Waals surface area contributed by atoms with Crippen molar-refractivity contribution >= 4 is 5.97 Å². The third kappa shape index (κ3) is 3.13. The summed E-state index contributed by atoms with van der Waals surface area (Å²) in [6.07, 6.45) is 3.07. The van der Waals surface area contributed by atoms with E-state index in [4.69, 9.17) is 9.84 Å². The lowest BCUT2D eigenvalue weighted by atomic mass is 10.0. The Labute approximate surface area is 89.0 Å². The van der Waals surface area contributed by atoms with Gasteiger partial charge in [-0.3, -0.25) is 0 Å². The van der Waals surface area contributed by atoms with E-state index in [1.165, 1.54) is 0 Å². The van der Waals surface area contributed by atoms with Gasteiger partial charge in [0.25, 0.3) is 0 Å². The van der Waals surface area contributed by atoms with Crippen LogP contribution in [0.4, 0.5) is 0 Å². The van der Waals surface area contributed by atoms with Crippen molar-refractivity contribution in [3.05, 3.63) is 47.7 Å². The molecular formula is C12H14O3. The first-order valence-electron chi connectivity index (χ1n) is 4.83. The number of hydrogen-bond acceptors (Lipinski definition) is 3. The second-order valence-corrected chi connectivity index (χ2v) is 2.97. The molecule has 0 aromatic heterocycles. The Kier molecular flexibility index (Phi) is 4.41. The highest BCUT2D eigenvalue weighted by Crippen LogP contribution is 2.11. The molecule has 1 aromatic carbocycles. The number of carbonyl (C=O) groups excluding carboxylic acids is 1. The van der Waals surface area contributed by atoms with Crippen LogP contribution in [0, 0.1) is 0 Å². The SMILES string of the molecule is CCOC(=O)c1ccccc1C/C=C\O. The standard InChI is InChI=1S/C12H14O3/c1-2-15-12(14)11-8-4-3-6-10(11)7-5-9-13/h3-6,8-9,13H,2,7H2,1H3/b9-5-. The Morgan fingerprint density at radius 3 is 2.87 bits per heavy atom. The molecule has 1 N–H and O–H groups in total. The van der Waals surface area contributed by atoms with Crippen LogP contribution in [0.1, 0.15) is 22.8 Å². The van der Waals surface area contributed by atoms with Crippen molar-refractivity contribution in [2.24, 2.45) is 0 Å². The van der Waals surface area contributed by atoms with Gasteiger partial charge in [-0.15, -0.1) is 0 Å². The zero-order valence-electron chi connectivity index (χ0n) is 8.64. The molecule has 0 aliphatic carbocycles. The molecule has 0 fully saturated rings. The molecule has 80 valence electrons. The molecule has 0 radical (unpaired) electrons. The quantitative estimate of drug-likeness (QED) is 0.608. The molecule has 0 aliphatic heterocycles. The van der Waals surface area contributed by atoms with E-state index in [0.717, 1.165) is 11.8 Å². The summed E-state index contributed by atoms with van der Waals surface area (Å²) in [5.41, 5.74) is 1.40. The molecule has 0 spiro atoms. The Hall–Kier alpha value is -1.77. The summed E-state index contributed by atoms with van der Waals surface area (Å²) in [5.74, 6) is -0.320.